The van der Waals surface area contributed by atoms with Gasteiger partial charge in [0.15, 0.2) is 0 Å². The van der Waals surface area contributed by atoms with E-state index in [0.29, 0.717) is 13.0 Å². The van der Waals surface area contributed by atoms with E-state index in [1.54, 1.807) is 12.1 Å². The van der Waals surface area contributed by atoms with Crippen LogP contribution in [0.4, 0.5) is 0 Å². The number of ether oxygens (including phenoxy) is 1. The number of hydrogen-bond acceptors (Lipinski definition) is 14. The third-order valence-corrected chi connectivity index (χ3v) is 4.93. The van der Waals surface area contributed by atoms with E-state index in [1.165, 1.54) is 26.0 Å². The van der Waals surface area contributed by atoms with Crippen LogP contribution < -0.4 is 34.4 Å². The Labute approximate surface area is 254 Å². The summed E-state index contributed by atoms with van der Waals surface area (Å²) in [5.74, 6) is -5.50. The second-order valence-corrected chi connectivity index (χ2v) is 9.24. The fraction of sp³-hybridized carbons (Fsp3) is 0.538. The number of rotatable bonds is 14. The van der Waals surface area contributed by atoms with Crippen molar-refractivity contribution < 1.29 is 59.0 Å². The summed E-state index contributed by atoms with van der Waals surface area (Å²) in [4.78, 5) is 62.0. The van der Waals surface area contributed by atoms with Crippen molar-refractivity contribution in [2.45, 2.75) is 82.6 Å². The van der Waals surface area contributed by atoms with Gasteiger partial charge in [0.1, 0.15) is 36.0 Å². The average molecular weight is 635 g/mol. The number of aliphatic carboxylic acids is 4. The molecule has 0 fully saturated rings. The number of hydrogen-bond donors (Lipinski definition) is 11. The summed E-state index contributed by atoms with van der Waals surface area (Å²) in [6.07, 6.45) is 2.04. The Hall–Kier alpha value is -4.20. The molecule has 0 aliphatic rings. The minimum atomic E-state index is -1.17. The molecular formula is C26H46N6O12. The molecule has 0 saturated heterocycles. The molecule has 0 aliphatic carbocycles. The predicted octanol–water partition coefficient (Wildman–Crippen LogP) is -2.11. The van der Waals surface area contributed by atoms with Gasteiger partial charge in [0, 0.05) is 6.42 Å². The van der Waals surface area contributed by atoms with Gasteiger partial charge >= 0.3 is 35.8 Å². The Morgan fingerprint density at radius 3 is 1.52 bits per heavy atom. The third-order valence-electron chi connectivity index (χ3n) is 4.93. The maximum atomic E-state index is 11.2. The van der Waals surface area contributed by atoms with E-state index in [1.807, 2.05) is 0 Å². The van der Waals surface area contributed by atoms with Crippen LogP contribution in [-0.4, -0.2) is 98.1 Å². The zero-order chi connectivity index (χ0) is 35.0. The Balaban J connectivity index is -0.000000532. The summed E-state index contributed by atoms with van der Waals surface area (Å²) in [6, 6.07) is 2.04. The van der Waals surface area contributed by atoms with E-state index in [9.17, 15) is 28.8 Å². The first-order valence-corrected chi connectivity index (χ1v) is 13.2. The van der Waals surface area contributed by atoms with Gasteiger partial charge in [-0.1, -0.05) is 18.6 Å². The molecule has 0 heterocycles. The molecule has 252 valence electrons. The monoisotopic (exact) mass is 634 g/mol. The van der Waals surface area contributed by atoms with Crippen LogP contribution in [0.2, 0.25) is 0 Å². The molecule has 18 heteroatoms. The number of carboxylic acid groups (broad SMARTS) is 4. The molecule has 0 saturated carbocycles. The van der Waals surface area contributed by atoms with Crippen molar-refractivity contribution in [3.63, 3.8) is 0 Å². The summed E-state index contributed by atoms with van der Waals surface area (Å²) < 4.78 is 4.45. The molecule has 0 bridgehead atoms. The van der Waals surface area contributed by atoms with Crippen molar-refractivity contribution in [2.24, 2.45) is 34.4 Å². The topological polar surface area (TPSA) is 369 Å². The molecular weight excluding hydrogens is 588 g/mol. The molecule has 44 heavy (non-hydrogen) atoms. The highest BCUT2D eigenvalue weighted by atomic mass is 16.6. The maximum absolute atomic E-state index is 11.2. The fourth-order valence-corrected chi connectivity index (χ4v) is 2.27. The van der Waals surface area contributed by atoms with Gasteiger partial charge in [0.25, 0.3) is 0 Å². The Kier molecular flexibility index (Phi) is 25.5. The van der Waals surface area contributed by atoms with E-state index in [0.717, 1.165) is 18.4 Å². The SMILES string of the molecule is C[C@H](N)C(=O)O.C[C@H](N)C(=O)OC(=O)[C@@H](N)CCCCN.N[C@@H](CCC(=O)O)C(=O)O.N[C@@H](Cc1ccc(O)cc1)C(=O)O. The van der Waals surface area contributed by atoms with Gasteiger partial charge < -0.3 is 64.7 Å². The van der Waals surface area contributed by atoms with E-state index in [-0.39, 0.29) is 25.0 Å². The number of benzene rings is 1. The second-order valence-electron chi connectivity index (χ2n) is 9.24. The Morgan fingerprint density at radius 2 is 1.16 bits per heavy atom. The largest absolute Gasteiger partial charge is 0.508 e. The van der Waals surface area contributed by atoms with Crippen LogP contribution in [0.1, 0.15) is 51.5 Å². The van der Waals surface area contributed by atoms with Crippen LogP contribution in [0.5, 0.6) is 5.75 Å². The summed E-state index contributed by atoms with van der Waals surface area (Å²) in [5, 5.41) is 41.6. The molecule has 17 N–H and O–H groups in total. The lowest BCUT2D eigenvalue weighted by molar-refractivity contribution is -0.161. The maximum Gasteiger partial charge on any atom is 0.330 e. The summed E-state index contributed by atoms with van der Waals surface area (Å²) in [7, 11) is 0. The van der Waals surface area contributed by atoms with Gasteiger partial charge in [-0.2, -0.15) is 0 Å². The minimum absolute atomic E-state index is 0.0231. The van der Waals surface area contributed by atoms with Crippen LogP contribution in [0.15, 0.2) is 24.3 Å². The Morgan fingerprint density at radius 1 is 0.682 bits per heavy atom. The number of carbonyl (C=O) groups excluding carboxylic acids is 2. The van der Waals surface area contributed by atoms with E-state index in [4.69, 9.17) is 59.9 Å². The number of carbonyl (C=O) groups is 6. The average Bonchev–Trinajstić information content (AvgIpc) is 2.93. The number of aromatic hydroxyl groups is 1. The molecule has 0 amide bonds. The first kappa shape index (κ1) is 44.2. The van der Waals surface area contributed by atoms with Gasteiger partial charge in [0.05, 0.1) is 0 Å². The van der Waals surface area contributed by atoms with Gasteiger partial charge in [-0.15, -0.1) is 0 Å². The van der Waals surface area contributed by atoms with Crippen molar-refractivity contribution >= 4 is 35.8 Å². The molecule has 1 aromatic carbocycles. The molecule has 1 rings (SSSR count). The van der Waals surface area contributed by atoms with Crippen molar-refractivity contribution in [1.82, 2.24) is 0 Å². The standard InChI is InChI=1S/C9H19N3O3.C9H11NO3.C5H9NO4.C3H7NO2/c1-6(11)8(13)15-9(14)7(12)4-2-3-5-10;10-8(9(12)13)5-6-1-3-7(11)4-2-6;6-3(5(9)10)1-2-4(7)8;1-2(4)3(5)6/h6-7H,2-5,10-12H2,1H3;1-4,8,11H,5,10H2,(H,12,13);3H,1-2,6H2,(H,7,8)(H,9,10);2H,4H2,1H3,(H,5,6)/t6-,7-;8-;3-;2-/m0000/s1. The summed E-state index contributed by atoms with van der Waals surface area (Å²) in [6.45, 7) is 3.42. The Bertz CT molecular complexity index is 1020. The third kappa shape index (κ3) is 26.7. The lowest BCUT2D eigenvalue weighted by Gasteiger charge is -2.10. The molecule has 18 nitrogen and oxygen atoms in total. The van der Waals surface area contributed by atoms with Crippen molar-refractivity contribution in [2.75, 3.05) is 6.54 Å². The van der Waals surface area contributed by atoms with Gasteiger partial charge in [-0.05, 0) is 63.8 Å². The summed E-state index contributed by atoms with van der Waals surface area (Å²) >= 11 is 0. The smallest absolute Gasteiger partial charge is 0.330 e. The molecule has 0 aromatic heterocycles. The number of esters is 2. The zero-order valence-corrected chi connectivity index (χ0v) is 24.7. The van der Waals surface area contributed by atoms with E-state index in [2.05, 4.69) is 4.74 Å². The predicted molar refractivity (Wildman–Crippen MR) is 157 cm³/mol. The van der Waals surface area contributed by atoms with Crippen molar-refractivity contribution in [3.05, 3.63) is 29.8 Å². The molecule has 1 aromatic rings. The van der Waals surface area contributed by atoms with Gasteiger partial charge in [-0.3, -0.25) is 19.2 Å². The number of carboxylic acids is 4. The fourth-order valence-electron chi connectivity index (χ4n) is 2.27. The molecule has 0 unspecified atom stereocenters. The van der Waals surface area contributed by atoms with Gasteiger partial charge in [0.2, 0.25) is 0 Å². The second kappa shape index (κ2) is 25.3. The minimum Gasteiger partial charge on any atom is -0.508 e. The zero-order valence-electron chi connectivity index (χ0n) is 24.7. The molecule has 0 radical (unpaired) electrons. The number of phenolic OH excluding ortho intramolecular Hbond substituents is 1. The van der Waals surface area contributed by atoms with Crippen molar-refractivity contribution in [1.29, 1.82) is 0 Å². The first-order valence-electron chi connectivity index (χ1n) is 13.2. The quantitative estimate of drug-likeness (QED) is 0.0592. The molecule has 5 atom stereocenters. The van der Waals surface area contributed by atoms with Crippen LogP contribution >= 0.6 is 0 Å². The summed E-state index contributed by atoms with van der Waals surface area (Å²) in [5.41, 5.74) is 32.0. The van der Waals surface area contributed by atoms with Crippen LogP contribution in [0.3, 0.4) is 0 Å². The highest BCUT2D eigenvalue weighted by molar-refractivity contribution is 5.90. The number of nitrogens with two attached hydrogens (primary N) is 6. The normalized spacial score (nSPS) is 13.3. The van der Waals surface area contributed by atoms with Crippen molar-refractivity contribution in [3.8, 4) is 5.75 Å². The number of unbranched alkanes of at least 4 members (excludes halogenated alkanes) is 1. The molecule has 0 spiro atoms. The van der Waals surface area contributed by atoms with E-state index < -0.39 is 66.0 Å². The highest BCUT2D eigenvalue weighted by Crippen LogP contribution is 2.10. The van der Waals surface area contributed by atoms with E-state index >= 15 is 0 Å². The van der Waals surface area contributed by atoms with Gasteiger partial charge in [-0.25, -0.2) is 9.59 Å². The number of phenols is 1. The highest BCUT2D eigenvalue weighted by Gasteiger charge is 2.20. The van der Waals surface area contributed by atoms with Crippen LogP contribution in [-0.2, 0) is 39.9 Å². The first-order chi connectivity index (χ1) is 20.3. The lowest BCUT2D eigenvalue weighted by atomic mass is 10.1. The van der Waals surface area contributed by atoms with Crippen LogP contribution in [0, 0.1) is 0 Å². The lowest BCUT2D eigenvalue weighted by Crippen LogP contribution is -2.38. The molecule has 0 aliphatic heterocycles. The van der Waals surface area contributed by atoms with Crippen LogP contribution in [0.25, 0.3) is 0 Å².